The summed E-state index contributed by atoms with van der Waals surface area (Å²) in [5, 5.41) is 8.91. The van der Waals surface area contributed by atoms with E-state index in [0.29, 0.717) is 24.4 Å². The van der Waals surface area contributed by atoms with Gasteiger partial charge in [-0.3, -0.25) is 0 Å². The molecule has 0 aliphatic heterocycles. The summed E-state index contributed by atoms with van der Waals surface area (Å²) in [6, 6.07) is 12.8. The van der Waals surface area contributed by atoms with Gasteiger partial charge in [-0.15, -0.1) is 11.3 Å². The first-order valence-electron chi connectivity index (χ1n) is 8.42. The van der Waals surface area contributed by atoms with Crippen LogP contribution in [0.2, 0.25) is 0 Å². The lowest BCUT2D eigenvalue weighted by Gasteiger charge is -2.23. The van der Waals surface area contributed by atoms with Gasteiger partial charge in [0.2, 0.25) is 10.0 Å². The van der Waals surface area contributed by atoms with Crippen molar-refractivity contribution < 1.29 is 8.42 Å². The summed E-state index contributed by atoms with van der Waals surface area (Å²) in [6.45, 7) is 0.716. The average molecular weight is 363 g/mol. The summed E-state index contributed by atoms with van der Waals surface area (Å²) in [5.74, 6) is 1.35. The molecule has 0 radical (unpaired) electrons. The third-order valence-corrected chi connectivity index (χ3v) is 7.96. The van der Waals surface area contributed by atoms with Crippen molar-refractivity contribution in [2.75, 3.05) is 0 Å². The van der Waals surface area contributed by atoms with Crippen LogP contribution in [0, 0.1) is 11.8 Å². The van der Waals surface area contributed by atoms with Gasteiger partial charge in [-0.05, 0) is 60.8 Å². The van der Waals surface area contributed by atoms with Gasteiger partial charge >= 0.3 is 0 Å². The predicted molar refractivity (Wildman–Crippen MR) is 96.4 cm³/mol. The van der Waals surface area contributed by atoms with E-state index in [-0.39, 0.29) is 4.21 Å². The van der Waals surface area contributed by atoms with Crippen LogP contribution in [-0.4, -0.2) is 14.5 Å². The Labute approximate surface area is 147 Å². The molecule has 1 fully saturated rings. The van der Waals surface area contributed by atoms with E-state index in [2.05, 4.69) is 29.6 Å². The van der Waals surface area contributed by atoms with Gasteiger partial charge in [-0.1, -0.05) is 24.3 Å². The quantitative estimate of drug-likeness (QED) is 0.878. The first kappa shape index (κ1) is 16.3. The Morgan fingerprint density at radius 1 is 1.04 bits per heavy atom. The Kier molecular flexibility index (Phi) is 4.24. The molecule has 2 aliphatic rings. The third kappa shape index (κ3) is 3.16. The predicted octanol–water partition coefficient (Wildman–Crippen LogP) is 2.68. The van der Waals surface area contributed by atoms with Crippen molar-refractivity contribution in [1.29, 1.82) is 0 Å². The van der Waals surface area contributed by atoms with Crippen LogP contribution in [-0.2, 0) is 29.4 Å². The number of thiophene rings is 1. The fourth-order valence-electron chi connectivity index (χ4n) is 4.31. The summed E-state index contributed by atoms with van der Waals surface area (Å²) in [7, 11) is -3.59. The standard InChI is InChI=1S/C18H22N2O2S2/c19-24(21,22)17-8-7-16(23-17)11-20-18-14-5-6-15(18)10-13-4-2-1-3-12(13)9-14/h1-4,7-8,14-15,18,20H,5-6,9-11H2,(H2,19,21,22). The number of sulfonamides is 1. The van der Waals surface area contributed by atoms with Crippen LogP contribution in [0.25, 0.3) is 0 Å². The molecule has 2 unspecified atom stereocenters. The monoisotopic (exact) mass is 362 g/mol. The summed E-state index contributed by atoms with van der Waals surface area (Å²) in [6.07, 6.45) is 4.86. The van der Waals surface area contributed by atoms with Crippen LogP contribution in [0.3, 0.4) is 0 Å². The van der Waals surface area contributed by atoms with Crippen molar-refractivity contribution in [3.63, 3.8) is 0 Å². The smallest absolute Gasteiger partial charge is 0.247 e. The van der Waals surface area contributed by atoms with Gasteiger partial charge in [-0.2, -0.15) is 0 Å². The molecule has 1 aromatic heterocycles. The van der Waals surface area contributed by atoms with E-state index in [1.54, 1.807) is 6.07 Å². The molecule has 2 atom stereocenters. The molecule has 1 heterocycles. The summed E-state index contributed by atoms with van der Waals surface area (Å²) in [5.41, 5.74) is 3.01. The van der Waals surface area contributed by atoms with Crippen molar-refractivity contribution >= 4 is 21.4 Å². The van der Waals surface area contributed by atoms with Crippen LogP contribution in [0.15, 0.2) is 40.6 Å². The molecule has 0 spiro atoms. The Balaban J connectivity index is 1.47. The largest absolute Gasteiger partial charge is 0.309 e. The lowest BCUT2D eigenvalue weighted by atomic mass is 9.94. The van der Waals surface area contributed by atoms with Crippen LogP contribution in [0.5, 0.6) is 0 Å². The van der Waals surface area contributed by atoms with E-state index < -0.39 is 10.0 Å². The van der Waals surface area contributed by atoms with Crippen LogP contribution in [0.4, 0.5) is 0 Å². The zero-order valence-electron chi connectivity index (χ0n) is 13.4. The number of primary sulfonamides is 1. The molecule has 0 amide bonds. The molecule has 2 aliphatic carbocycles. The maximum Gasteiger partial charge on any atom is 0.247 e. The maximum absolute atomic E-state index is 11.4. The number of nitrogens with two attached hydrogens (primary N) is 1. The Morgan fingerprint density at radius 3 is 2.21 bits per heavy atom. The summed E-state index contributed by atoms with van der Waals surface area (Å²) >= 11 is 1.27. The number of rotatable bonds is 4. The highest BCUT2D eigenvalue weighted by molar-refractivity contribution is 7.91. The number of nitrogens with one attached hydrogen (secondary N) is 1. The van der Waals surface area contributed by atoms with Gasteiger partial charge in [0, 0.05) is 17.5 Å². The molecule has 24 heavy (non-hydrogen) atoms. The van der Waals surface area contributed by atoms with Gasteiger partial charge in [0.25, 0.3) is 0 Å². The molecule has 2 aromatic rings. The van der Waals surface area contributed by atoms with Gasteiger partial charge < -0.3 is 5.32 Å². The Morgan fingerprint density at radius 2 is 1.67 bits per heavy atom. The fourth-order valence-corrected chi connectivity index (χ4v) is 6.04. The highest BCUT2D eigenvalue weighted by Crippen LogP contribution is 2.40. The summed E-state index contributed by atoms with van der Waals surface area (Å²) < 4.78 is 23.1. The molecule has 0 saturated heterocycles. The van der Waals surface area contributed by atoms with Crippen molar-refractivity contribution in [3.05, 3.63) is 52.4 Å². The number of benzene rings is 1. The van der Waals surface area contributed by atoms with E-state index in [1.165, 1.54) is 35.3 Å². The SMILES string of the molecule is NS(=O)(=O)c1ccc(CNC2C3CCC2Cc2ccccc2C3)s1. The minimum atomic E-state index is -3.59. The second-order valence-electron chi connectivity index (χ2n) is 6.95. The minimum absolute atomic E-state index is 0.246. The van der Waals surface area contributed by atoms with Gasteiger partial charge in [0.05, 0.1) is 0 Å². The van der Waals surface area contributed by atoms with E-state index in [0.717, 1.165) is 17.7 Å². The number of fused-ring (bicyclic) bond motifs is 3. The van der Waals surface area contributed by atoms with Crippen molar-refractivity contribution in [2.24, 2.45) is 17.0 Å². The van der Waals surface area contributed by atoms with E-state index >= 15 is 0 Å². The van der Waals surface area contributed by atoms with Crippen LogP contribution < -0.4 is 10.5 Å². The zero-order chi connectivity index (χ0) is 16.7. The fraction of sp³-hybridized carbons (Fsp3) is 0.444. The lowest BCUT2D eigenvalue weighted by molar-refractivity contribution is 0.341. The van der Waals surface area contributed by atoms with Gasteiger partial charge in [-0.25, -0.2) is 13.6 Å². The molecular formula is C18H22N2O2S2. The summed E-state index contributed by atoms with van der Waals surface area (Å²) in [4.78, 5) is 1.03. The zero-order valence-corrected chi connectivity index (χ0v) is 15.1. The normalized spacial score (nSPS) is 26.1. The van der Waals surface area contributed by atoms with Gasteiger partial charge in [0.1, 0.15) is 4.21 Å². The lowest BCUT2D eigenvalue weighted by Crippen LogP contribution is -2.37. The molecule has 1 saturated carbocycles. The topological polar surface area (TPSA) is 72.2 Å². The van der Waals surface area contributed by atoms with Crippen LogP contribution >= 0.6 is 11.3 Å². The van der Waals surface area contributed by atoms with E-state index in [9.17, 15) is 8.42 Å². The van der Waals surface area contributed by atoms with Crippen molar-refractivity contribution in [3.8, 4) is 0 Å². The Hall–Kier alpha value is -1.21. The minimum Gasteiger partial charge on any atom is -0.309 e. The maximum atomic E-state index is 11.4. The molecule has 6 heteroatoms. The number of hydrogen-bond acceptors (Lipinski definition) is 4. The molecule has 4 rings (SSSR count). The first-order chi connectivity index (χ1) is 11.5. The first-order valence-corrected chi connectivity index (χ1v) is 10.8. The number of hydrogen-bond donors (Lipinski definition) is 2. The second kappa shape index (κ2) is 6.26. The molecular weight excluding hydrogens is 340 g/mol. The highest BCUT2D eigenvalue weighted by atomic mass is 32.2. The van der Waals surface area contributed by atoms with Gasteiger partial charge in [0.15, 0.2) is 0 Å². The highest BCUT2D eigenvalue weighted by Gasteiger charge is 2.38. The Bertz CT molecular complexity index is 811. The average Bonchev–Trinajstić information content (AvgIpc) is 3.09. The second-order valence-corrected chi connectivity index (χ2v) is 9.90. The molecule has 3 N–H and O–H groups in total. The van der Waals surface area contributed by atoms with E-state index in [1.807, 2.05) is 6.07 Å². The molecule has 1 aromatic carbocycles. The molecule has 4 nitrogen and oxygen atoms in total. The molecule has 2 bridgehead atoms. The van der Waals surface area contributed by atoms with Crippen LogP contribution in [0.1, 0.15) is 28.8 Å². The van der Waals surface area contributed by atoms with Crippen molar-refractivity contribution in [2.45, 2.75) is 42.5 Å². The third-order valence-electron chi connectivity index (χ3n) is 5.44. The van der Waals surface area contributed by atoms with Crippen molar-refractivity contribution in [1.82, 2.24) is 5.32 Å². The molecule has 128 valence electrons. The van der Waals surface area contributed by atoms with E-state index in [4.69, 9.17) is 5.14 Å².